The minimum atomic E-state index is -0.396. The van der Waals surface area contributed by atoms with Gasteiger partial charge in [-0.15, -0.1) is 5.10 Å². The van der Waals surface area contributed by atoms with Gasteiger partial charge in [-0.2, -0.15) is 0 Å². The Morgan fingerprint density at radius 1 is 1.09 bits per heavy atom. The Labute approximate surface area is 133 Å². The Kier molecular flexibility index (Phi) is 4.30. The zero-order valence-corrected chi connectivity index (χ0v) is 12.6. The molecule has 1 heterocycles. The van der Waals surface area contributed by atoms with Crippen molar-refractivity contribution in [2.24, 2.45) is 0 Å². The number of rotatable bonds is 4. The van der Waals surface area contributed by atoms with Crippen molar-refractivity contribution in [3.8, 4) is 5.69 Å². The smallest absolute Gasteiger partial charge is 0.148 e. The van der Waals surface area contributed by atoms with E-state index in [1.54, 1.807) is 24.3 Å². The highest BCUT2D eigenvalue weighted by Gasteiger charge is 2.13. The number of nitrogens with zero attached hydrogens (tertiary/aromatic N) is 3. The highest BCUT2D eigenvalue weighted by molar-refractivity contribution is 5.69. The Hall–Kier alpha value is -2.79. The zero-order chi connectivity index (χ0) is 16.2. The Bertz CT molecular complexity index is 838. The molecule has 0 amide bonds. The van der Waals surface area contributed by atoms with Crippen LogP contribution >= 0.6 is 0 Å². The molecule has 0 saturated carbocycles. The minimum Gasteiger partial charge on any atom is -0.390 e. The van der Waals surface area contributed by atoms with Gasteiger partial charge in [-0.05, 0) is 30.7 Å². The molecule has 0 aliphatic carbocycles. The van der Waals surface area contributed by atoms with Crippen LogP contribution in [0.2, 0.25) is 0 Å². The van der Waals surface area contributed by atoms with Crippen molar-refractivity contribution in [1.29, 1.82) is 0 Å². The van der Waals surface area contributed by atoms with Crippen molar-refractivity contribution in [2.45, 2.75) is 13.5 Å². The van der Waals surface area contributed by atoms with Gasteiger partial charge < -0.3 is 5.11 Å². The normalized spacial score (nSPS) is 11.3. The molecule has 0 aliphatic rings. The number of para-hydroxylation sites is 1. The standard InChI is InChI=1S/C18H16FN3O/c1-13-6-8-14(9-7-13)10-11-18-16(12-23)20-21-22(18)17-5-3-2-4-15(17)19/h2-11,23H,12H2,1H3/b11-10+. The molecular formula is C18H16FN3O. The van der Waals surface area contributed by atoms with E-state index >= 15 is 0 Å². The predicted molar refractivity (Wildman–Crippen MR) is 87.3 cm³/mol. The van der Waals surface area contributed by atoms with E-state index in [-0.39, 0.29) is 6.61 Å². The van der Waals surface area contributed by atoms with E-state index in [1.165, 1.54) is 16.3 Å². The molecule has 0 aliphatic heterocycles. The summed E-state index contributed by atoms with van der Waals surface area (Å²) in [5.74, 6) is -0.396. The molecule has 4 nitrogen and oxygen atoms in total. The summed E-state index contributed by atoms with van der Waals surface area (Å²) in [6, 6.07) is 14.3. The van der Waals surface area contributed by atoms with Gasteiger partial charge in [0.2, 0.25) is 0 Å². The lowest BCUT2D eigenvalue weighted by Crippen LogP contribution is -2.02. The second-order valence-corrected chi connectivity index (χ2v) is 5.19. The molecular weight excluding hydrogens is 293 g/mol. The van der Waals surface area contributed by atoms with Crippen LogP contribution in [0.15, 0.2) is 48.5 Å². The summed E-state index contributed by atoms with van der Waals surface area (Å²) >= 11 is 0. The first-order valence-electron chi connectivity index (χ1n) is 7.24. The second-order valence-electron chi connectivity index (χ2n) is 5.19. The van der Waals surface area contributed by atoms with Crippen LogP contribution in [0.5, 0.6) is 0 Å². The predicted octanol–water partition coefficient (Wildman–Crippen LogP) is 3.38. The SMILES string of the molecule is Cc1ccc(/C=C/c2c(CO)nnn2-c2ccccc2F)cc1. The molecule has 1 aromatic heterocycles. The van der Waals surface area contributed by atoms with Crippen LogP contribution in [0.25, 0.3) is 17.8 Å². The number of hydrogen-bond donors (Lipinski definition) is 1. The first-order valence-corrected chi connectivity index (χ1v) is 7.24. The number of aryl methyl sites for hydroxylation is 1. The molecule has 0 bridgehead atoms. The van der Waals surface area contributed by atoms with E-state index in [2.05, 4.69) is 10.3 Å². The summed E-state index contributed by atoms with van der Waals surface area (Å²) in [7, 11) is 0. The van der Waals surface area contributed by atoms with Crippen LogP contribution in [0.1, 0.15) is 22.5 Å². The van der Waals surface area contributed by atoms with Crippen molar-refractivity contribution in [1.82, 2.24) is 15.0 Å². The fraction of sp³-hybridized carbons (Fsp3) is 0.111. The van der Waals surface area contributed by atoms with Crippen molar-refractivity contribution in [2.75, 3.05) is 0 Å². The van der Waals surface area contributed by atoms with Gasteiger partial charge in [0.15, 0.2) is 0 Å². The third-order valence-corrected chi connectivity index (χ3v) is 3.52. The summed E-state index contributed by atoms with van der Waals surface area (Å²) in [4.78, 5) is 0. The van der Waals surface area contributed by atoms with E-state index in [0.717, 1.165) is 5.56 Å². The fourth-order valence-electron chi connectivity index (χ4n) is 2.25. The van der Waals surface area contributed by atoms with E-state index in [1.807, 2.05) is 37.3 Å². The molecule has 0 saturated heterocycles. The molecule has 3 rings (SSSR count). The van der Waals surface area contributed by atoms with Crippen LogP contribution in [-0.2, 0) is 6.61 Å². The Morgan fingerprint density at radius 3 is 2.52 bits per heavy atom. The molecule has 116 valence electrons. The maximum absolute atomic E-state index is 14.0. The maximum Gasteiger partial charge on any atom is 0.148 e. The molecule has 0 unspecified atom stereocenters. The molecule has 5 heteroatoms. The quantitative estimate of drug-likeness (QED) is 0.804. The summed E-state index contributed by atoms with van der Waals surface area (Å²) in [6.07, 6.45) is 3.66. The van der Waals surface area contributed by atoms with Gasteiger partial charge in [-0.25, -0.2) is 9.07 Å². The molecule has 23 heavy (non-hydrogen) atoms. The first-order chi connectivity index (χ1) is 11.2. The molecule has 3 aromatic rings. The Morgan fingerprint density at radius 2 is 1.83 bits per heavy atom. The number of hydrogen-bond acceptors (Lipinski definition) is 3. The molecule has 1 N–H and O–H groups in total. The van der Waals surface area contributed by atoms with Gasteiger partial charge >= 0.3 is 0 Å². The fourth-order valence-corrected chi connectivity index (χ4v) is 2.25. The van der Waals surface area contributed by atoms with Crippen molar-refractivity contribution in [3.05, 3.63) is 76.9 Å². The van der Waals surface area contributed by atoms with Crippen LogP contribution in [0.4, 0.5) is 4.39 Å². The highest BCUT2D eigenvalue weighted by Crippen LogP contribution is 2.19. The zero-order valence-electron chi connectivity index (χ0n) is 12.6. The van der Waals surface area contributed by atoms with E-state index in [0.29, 0.717) is 17.1 Å². The van der Waals surface area contributed by atoms with Crippen molar-refractivity contribution in [3.63, 3.8) is 0 Å². The average Bonchev–Trinajstić information content (AvgIpc) is 2.97. The highest BCUT2D eigenvalue weighted by atomic mass is 19.1. The van der Waals surface area contributed by atoms with Crippen LogP contribution in [0, 0.1) is 12.7 Å². The van der Waals surface area contributed by atoms with Crippen LogP contribution in [-0.4, -0.2) is 20.1 Å². The number of aromatic nitrogens is 3. The third-order valence-electron chi connectivity index (χ3n) is 3.52. The lowest BCUT2D eigenvalue weighted by atomic mass is 10.1. The van der Waals surface area contributed by atoms with Crippen LogP contribution < -0.4 is 0 Å². The van der Waals surface area contributed by atoms with Gasteiger partial charge in [0.1, 0.15) is 17.2 Å². The summed E-state index contributed by atoms with van der Waals surface area (Å²) < 4.78 is 15.4. The molecule has 0 fully saturated rings. The van der Waals surface area contributed by atoms with Gasteiger partial charge in [-0.3, -0.25) is 0 Å². The van der Waals surface area contributed by atoms with Gasteiger partial charge in [0.25, 0.3) is 0 Å². The van der Waals surface area contributed by atoms with Crippen molar-refractivity contribution < 1.29 is 9.50 Å². The lowest BCUT2D eigenvalue weighted by Gasteiger charge is -2.05. The van der Waals surface area contributed by atoms with Crippen molar-refractivity contribution >= 4 is 12.2 Å². The van der Waals surface area contributed by atoms with Crippen LogP contribution in [0.3, 0.4) is 0 Å². The number of halogens is 1. The first kappa shape index (κ1) is 15.1. The molecule has 2 aromatic carbocycles. The summed E-state index contributed by atoms with van der Waals surface area (Å²) in [6.45, 7) is 1.76. The third kappa shape index (κ3) is 3.19. The lowest BCUT2D eigenvalue weighted by molar-refractivity contribution is 0.276. The Balaban J connectivity index is 2.03. The molecule has 0 atom stereocenters. The number of aliphatic hydroxyl groups is 1. The van der Waals surface area contributed by atoms with Gasteiger partial charge in [0, 0.05) is 0 Å². The van der Waals surface area contributed by atoms with E-state index in [9.17, 15) is 9.50 Å². The second kappa shape index (κ2) is 6.54. The summed E-state index contributed by atoms with van der Waals surface area (Å²) in [5, 5.41) is 17.3. The van der Waals surface area contributed by atoms with Gasteiger partial charge in [0.05, 0.1) is 12.3 Å². The summed E-state index contributed by atoms with van der Waals surface area (Å²) in [5.41, 5.74) is 3.43. The number of aliphatic hydroxyl groups excluding tert-OH is 1. The average molecular weight is 309 g/mol. The molecule has 0 spiro atoms. The van der Waals surface area contributed by atoms with E-state index < -0.39 is 5.82 Å². The largest absolute Gasteiger partial charge is 0.390 e. The minimum absolute atomic E-state index is 0.262. The van der Waals surface area contributed by atoms with Gasteiger partial charge in [-0.1, -0.05) is 53.3 Å². The monoisotopic (exact) mass is 309 g/mol. The maximum atomic E-state index is 14.0. The topological polar surface area (TPSA) is 50.9 Å². The number of benzene rings is 2. The molecule has 0 radical (unpaired) electrons. The van der Waals surface area contributed by atoms with E-state index in [4.69, 9.17) is 0 Å².